The first-order chi connectivity index (χ1) is 34.5. The summed E-state index contributed by atoms with van der Waals surface area (Å²) in [5.74, 6) is -0.177. The van der Waals surface area contributed by atoms with Crippen molar-refractivity contribution in [3.05, 3.63) is 60.8 Å². The van der Waals surface area contributed by atoms with E-state index < -0.39 is 20.0 Å². The lowest BCUT2D eigenvalue weighted by Crippen LogP contribution is -2.45. The Kier molecular flexibility index (Phi) is 51.7. The standard InChI is InChI=1S/C62H117N2O6P/c1-6-8-10-12-14-16-17-18-19-20-21-22-23-24-25-26-27-28-29-30-31-32-33-34-35-36-37-38-39-40-41-42-43-44-45-46-47-48-50-52-54-56-62(66)63-60(59-70-71(67,68)69-58-57-64(3,4)5)61(65)55-53-51-49-15-13-11-9-7-2/h8,10,14,16,18-19,21-22,53,55,60-61,65H,6-7,9,11-13,15,17,20,23-52,54,56-59H2,1-5H3,(H-,63,66,67,68)/p+1/b10-8-,16-14-,19-18-,22-21-,55-53+. The molecule has 0 aromatic rings. The Hall–Kier alpha value is -1.80. The van der Waals surface area contributed by atoms with E-state index >= 15 is 0 Å². The minimum Gasteiger partial charge on any atom is -0.387 e. The van der Waals surface area contributed by atoms with Crippen molar-refractivity contribution in [1.82, 2.24) is 5.32 Å². The van der Waals surface area contributed by atoms with Crippen LogP contribution in [0.15, 0.2) is 60.8 Å². The number of aliphatic hydroxyl groups is 1. The molecule has 0 heterocycles. The molecular formula is C62H118N2O6P+. The molecule has 416 valence electrons. The van der Waals surface area contributed by atoms with E-state index in [0.717, 1.165) is 64.2 Å². The third-order valence-corrected chi connectivity index (χ3v) is 14.5. The van der Waals surface area contributed by atoms with Gasteiger partial charge in [-0.2, -0.15) is 0 Å². The Morgan fingerprint density at radius 1 is 0.493 bits per heavy atom. The van der Waals surface area contributed by atoms with E-state index in [4.69, 9.17) is 9.05 Å². The number of unbranched alkanes of at least 4 members (excludes halogenated alkanes) is 34. The number of quaternary nitrogens is 1. The molecule has 0 bridgehead atoms. The molecule has 0 aliphatic heterocycles. The molecule has 0 rings (SSSR count). The topological polar surface area (TPSA) is 105 Å². The van der Waals surface area contributed by atoms with Crippen LogP contribution in [-0.2, 0) is 18.4 Å². The fourth-order valence-corrected chi connectivity index (χ4v) is 9.54. The lowest BCUT2D eigenvalue weighted by atomic mass is 10.0. The summed E-state index contributed by atoms with van der Waals surface area (Å²) in [4.78, 5) is 23.1. The zero-order chi connectivity index (χ0) is 52.0. The van der Waals surface area contributed by atoms with E-state index in [1.807, 2.05) is 27.2 Å². The van der Waals surface area contributed by atoms with Crippen molar-refractivity contribution in [2.75, 3.05) is 40.9 Å². The molecule has 0 aliphatic carbocycles. The van der Waals surface area contributed by atoms with Gasteiger partial charge in [0.25, 0.3) is 0 Å². The highest BCUT2D eigenvalue weighted by atomic mass is 31.2. The zero-order valence-electron chi connectivity index (χ0n) is 47.5. The minimum atomic E-state index is -4.33. The maximum Gasteiger partial charge on any atom is 0.472 e. The van der Waals surface area contributed by atoms with Crippen molar-refractivity contribution in [2.45, 2.75) is 289 Å². The van der Waals surface area contributed by atoms with Crippen LogP contribution in [0.4, 0.5) is 0 Å². The molecule has 0 saturated heterocycles. The predicted molar refractivity (Wildman–Crippen MR) is 309 cm³/mol. The van der Waals surface area contributed by atoms with Gasteiger partial charge >= 0.3 is 7.82 Å². The van der Waals surface area contributed by atoms with Crippen LogP contribution in [0.3, 0.4) is 0 Å². The summed E-state index contributed by atoms with van der Waals surface area (Å²) < 4.78 is 23.6. The molecule has 0 fully saturated rings. The molecule has 0 aliphatic rings. The van der Waals surface area contributed by atoms with Gasteiger partial charge in [0.05, 0.1) is 39.9 Å². The van der Waals surface area contributed by atoms with Crippen LogP contribution in [0.25, 0.3) is 0 Å². The number of phosphoric acid groups is 1. The van der Waals surface area contributed by atoms with E-state index in [2.05, 4.69) is 67.8 Å². The van der Waals surface area contributed by atoms with Crippen molar-refractivity contribution in [1.29, 1.82) is 0 Å². The fourth-order valence-electron chi connectivity index (χ4n) is 8.80. The smallest absolute Gasteiger partial charge is 0.387 e. The Labute approximate surface area is 441 Å². The van der Waals surface area contributed by atoms with Gasteiger partial charge in [-0.3, -0.25) is 13.8 Å². The summed E-state index contributed by atoms with van der Waals surface area (Å²) >= 11 is 0. The molecule has 0 saturated carbocycles. The monoisotopic (exact) mass is 1020 g/mol. The number of allylic oxidation sites excluding steroid dienone is 9. The van der Waals surface area contributed by atoms with Crippen LogP contribution in [-0.4, -0.2) is 73.4 Å². The average molecular weight is 1020 g/mol. The quantitative estimate of drug-likeness (QED) is 0.0243. The highest BCUT2D eigenvalue weighted by Crippen LogP contribution is 2.43. The Morgan fingerprint density at radius 3 is 1.24 bits per heavy atom. The van der Waals surface area contributed by atoms with Crippen molar-refractivity contribution < 1.29 is 32.9 Å². The SMILES string of the molecule is CC/C=C\C/C=C\C/C=C\C/C=C\CCCCCCCCCCCCCCCCCCCCCCCCCCCCCCC(=O)NC(COP(=O)(O)OCC[N+](C)(C)C)C(O)/C=C/CCCCCCCC. The maximum absolute atomic E-state index is 12.9. The number of amides is 1. The van der Waals surface area contributed by atoms with Crippen molar-refractivity contribution in [3.8, 4) is 0 Å². The molecule has 71 heavy (non-hydrogen) atoms. The van der Waals surface area contributed by atoms with Crippen LogP contribution in [0.2, 0.25) is 0 Å². The van der Waals surface area contributed by atoms with Crippen LogP contribution in [0.1, 0.15) is 277 Å². The summed E-state index contributed by atoms with van der Waals surface area (Å²) in [6, 6.07) is -0.842. The number of rotatable bonds is 55. The van der Waals surface area contributed by atoms with Gasteiger partial charge < -0.3 is 19.8 Å². The van der Waals surface area contributed by atoms with Gasteiger partial charge in [0.15, 0.2) is 0 Å². The lowest BCUT2D eigenvalue weighted by Gasteiger charge is -2.25. The largest absolute Gasteiger partial charge is 0.472 e. The summed E-state index contributed by atoms with van der Waals surface area (Å²) in [6.45, 7) is 4.67. The van der Waals surface area contributed by atoms with Gasteiger partial charge in [0.1, 0.15) is 13.2 Å². The molecule has 0 aromatic carbocycles. The van der Waals surface area contributed by atoms with Gasteiger partial charge in [-0.15, -0.1) is 0 Å². The van der Waals surface area contributed by atoms with Gasteiger partial charge in [-0.05, 0) is 57.8 Å². The molecule has 3 unspecified atom stereocenters. The number of hydrogen-bond donors (Lipinski definition) is 3. The molecule has 0 radical (unpaired) electrons. The highest BCUT2D eigenvalue weighted by Gasteiger charge is 2.27. The van der Waals surface area contributed by atoms with E-state index in [9.17, 15) is 19.4 Å². The second-order valence-corrected chi connectivity index (χ2v) is 23.2. The highest BCUT2D eigenvalue weighted by molar-refractivity contribution is 7.47. The summed E-state index contributed by atoms with van der Waals surface area (Å²) in [5, 5.41) is 13.8. The van der Waals surface area contributed by atoms with Gasteiger partial charge in [-0.25, -0.2) is 4.57 Å². The number of phosphoric ester groups is 1. The maximum atomic E-state index is 12.9. The average Bonchev–Trinajstić information content (AvgIpc) is 3.33. The van der Waals surface area contributed by atoms with E-state index in [1.165, 1.54) is 193 Å². The number of likely N-dealkylation sites (N-methyl/N-ethyl adjacent to an activating group) is 1. The van der Waals surface area contributed by atoms with Crippen molar-refractivity contribution >= 4 is 13.7 Å². The van der Waals surface area contributed by atoms with Gasteiger partial charge in [0, 0.05) is 6.42 Å². The predicted octanol–water partition coefficient (Wildman–Crippen LogP) is 18.5. The molecule has 3 atom stereocenters. The number of nitrogens with one attached hydrogen (secondary N) is 1. The Balaban J connectivity index is 3.74. The van der Waals surface area contributed by atoms with Crippen molar-refractivity contribution in [2.24, 2.45) is 0 Å². The van der Waals surface area contributed by atoms with Gasteiger partial charge in [0.2, 0.25) is 5.91 Å². The van der Waals surface area contributed by atoms with E-state index in [-0.39, 0.29) is 19.1 Å². The first-order valence-corrected chi connectivity index (χ1v) is 31.7. The van der Waals surface area contributed by atoms with Crippen LogP contribution >= 0.6 is 7.82 Å². The normalized spacial score (nSPS) is 14.3. The molecular weight excluding hydrogens is 900 g/mol. The second kappa shape index (κ2) is 53.0. The number of nitrogens with zero attached hydrogens (tertiary/aromatic N) is 1. The first kappa shape index (κ1) is 69.2. The first-order valence-electron chi connectivity index (χ1n) is 30.2. The fraction of sp³-hybridized carbons (Fsp3) is 0.823. The Bertz CT molecular complexity index is 1340. The molecule has 1 amide bonds. The third-order valence-electron chi connectivity index (χ3n) is 13.5. The van der Waals surface area contributed by atoms with Crippen LogP contribution in [0, 0.1) is 0 Å². The molecule has 3 N–H and O–H groups in total. The number of hydrogen-bond acceptors (Lipinski definition) is 5. The van der Waals surface area contributed by atoms with Gasteiger partial charge in [-0.1, -0.05) is 274 Å². The summed E-state index contributed by atoms with van der Waals surface area (Å²) in [6.07, 6.45) is 72.4. The molecule has 0 aromatic heterocycles. The number of aliphatic hydroxyl groups excluding tert-OH is 1. The number of carbonyl (C=O) groups excluding carboxylic acids is 1. The van der Waals surface area contributed by atoms with E-state index in [0.29, 0.717) is 17.4 Å². The molecule has 9 heteroatoms. The van der Waals surface area contributed by atoms with E-state index in [1.54, 1.807) is 6.08 Å². The molecule has 0 spiro atoms. The Morgan fingerprint density at radius 2 is 0.845 bits per heavy atom. The van der Waals surface area contributed by atoms with Crippen LogP contribution < -0.4 is 5.32 Å². The summed E-state index contributed by atoms with van der Waals surface area (Å²) in [7, 11) is 1.58. The third kappa shape index (κ3) is 55.8. The second-order valence-electron chi connectivity index (χ2n) is 21.7. The molecule has 8 nitrogen and oxygen atoms in total. The minimum absolute atomic E-state index is 0.0622. The zero-order valence-corrected chi connectivity index (χ0v) is 48.4. The van der Waals surface area contributed by atoms with Crippen LogP contribution in [0.5, 0.6) is 0 Å². The lowest BCUT2D eigenvalue weighted by molar-refractivity contribution is -0.870. The number of carbonyl (C=O) groups is 1. The summed E-state index contributed by atoms with van der Waals surface area (Å²) in [5.41, 5.74) is 0. The van der Waals surface area contributed by atoms with Crippen molar-refractivity contribution in [3.63, 3.8) is 0 Å².